The predicted octanol–water partition coefficient (Wildman–Crippen LogP) is 1.20. The first-order valence-corrected chi connectivity index (χ1v) is 12.0. The second-order valence-electron chi connectivity index (χ2n) is 8.68. The molecule has 2 aliphatic carbocycles. The van der Waals surface area contributed by atoms with E-state index in [-0.39, 0.29) is 24.4 Å². The van der Waals surface area contributed by atoms with Crippen molar-refractivity contribution in [2.24, 2.45) is 5.92 Å². The summed E-state index contributed by atoms with van der Waals surface area (Å²) < 4.78 is 25.7. The molecule has 3 unspecified atom stereocenters. The maximum atomic E-state index is 12.9. The van der Waals surface area contributed by atoms with Crippen molar-refractivity contribution in [2.45, 2.75) is 62.2 Å². The lowest BCUT2D eigenvalue weighted by atomic mass is 9.99. The molecule has 2 fully saturated rings. The van der Waals surface area contributed by atoms with Crippen LogP contribution < -0.4 is 15.4 Å². The standard InChI is InChI=1S/C21H29N3O4S/c1-21(11-4-12-23-29(21,27)28)20(26)22-13-18(15-7-8-15)24-19(25)17-10-9-14-5-2-3-6-16(14)17/h2-3,5-6,15,17-18,23H,4,7-13H2,1H3,(H,22,26)(H,24,25). The Kier molecular flexibility index (Phi) is 5.42. The Morgan fingerprint density at radius 2 is 2.00 bits per heavy atom. The maximum absolute atomic E-state index is 12.9. The number of nitrogens with one attached hydrogen (secondary N) is 3. The van der Waals surface area contributed by atoms with Gasteiger partial charge in [-0.2, -0.15) is 0 Å². The number of carbonyl (C=O) groups excluding carboxylic acids is 2. The van der Waals surface area contributed by atoms with Crippen molar-refractivity contribution in [1.29, 1.82) is 0 Å². The molecule has 1 aromatic rings. The van der Waals surface area contributed by atoms with Gasteiger partial charge in [0, 0.05) is 19.1 Å². The largest absolute Gasteiger partial charge is 0.353 e. The Hall–Kier alpha value is -1.93. The summed E-state index contributed by atoms with van der Waals surface area (Å²) in [7, 11) is -3.69. The van der Waals surface area contributed by atoms with Crippen LogP contribution in [0.25, 0.3) is 0 Å². The molecule has 29 heavy (non-hydrogen) atoms. The smallest absolute Gasteiger partial charge is 0.242 e. The number of aryl methyl sites for hydroxylation is 1. The van der Waals surface area contributed by atoms with E-state index in [0.29, 0.717) is 25.3 Å². The van der Waals surface area contributed by atoms with E-state index in [1.807, 2.05) is 18.2 Å². The van der Waals surface area contributed by atoms with Crippen LogP contribution in [0.5, 0.6) is 0 Å². The zero-order valence-corrected chi connectivity index (χ0v) is 17.6. The predicted molar refractivity (Wildman–Crippen MR) is 110 cm³/mol. The number of carbonyl (C=O) groups is 2. The quantitative estimate of drug-likeness (QED) is 0.644. The van der Waals surface area contributed by atoms with E-state index in [0.717, 1.165) is 31.2 Å². The highest BCUT2D eigenvalue weighted by Crippen LogP contribution is 2.36. The first kappa shape index (κ1) is 20.3. The fourth-order valence-electron chi connectivity index (χ4n) is 4.50. The van der Waals surface area contributed by atoms with E-state index >= 15 is 0 Å². The molecule has 7 nitrogen and oxygen atoms in total. The highest BCUT2D eigenvalue weighted by Gasteiger charge is 2.48. The van der Waals surface area contributed by atoms with E-state index in [2.05, 4.69) is 21.4 Å². The summed E-state index contributed by atoms with van der Waals surface area (Å²) in [6.07, 6.45) is 4.66. The van der Waals surface area contributed by atoms with E-state index in [4.69, 9.17) is 0 Å². The summed E-state index contributed by atoms with van der Waals surface area (Å²) in [4.78, 5) is 25.7. The summed E-state index contributed by atoms with van der Waals surface area (Å²) in [5.74, 6) is -0.302. The Morgan fingerprint density at radius 1 is 1.24 bits per heavy atom. The molecule has 3 N–H and O–H groups in total. The first-order valence-electron chi connectivity index (χ1n) is 10.5. The third kappa shape index (κ3) is 3.92. The Labute approximate surface area is 172 Å². The molecule has 1 aromatic carbocycles. The van der Waals surface area contributed by atoms with Gasteiger partial charge in [-0.25, -0.2) is 13.1 Å². The average Bonchev–Trinajstić information content (AvgIpc) is 3.45. The number of sulfonamides is 1. The molecule has 0 bridgehead atoms. The van der Waals surface area contributed by atoms with E-state index < -0.39 is 20.7 Å². The van der Waals surface area contributed by atoms with Gasteiger partial charge >= 0.3 is 0 Å². The van der Waals surface area contributed by atoms with Gasteiger partial charge in [0.25, 0.3) is 0 Å². The van der Waals surface area contributed by atoms with Gasteiger partial charge in [-0.3, -0.25) is 9.59 Å². The molecule has 3 atom stereocenters. The number of fused-ring (bicyclic) bond motifs is 1. The van der Waals surface area contributed by atoms with Crippen LogP contribution in [-0.4, -0.2) is 44.1 Å². The van der Waals surface area contributed by atoms with Crippen LogP contribution in [0.3, 0.4) is 0 Å². The summed E-state index contributed by atoms with van der Waals surface area (Å²) >= 11 is 0. The van der Waals surface area contributed by atoms with E-state index in [1.165, 1.54) is 12.5 Å². The van der Waals surface area contributed by atoms with Crippen molar-refractivity contribution < 1.29 is 18.0 Å². The van der Waals surface area contributed by atoms with Crippen LogP contribution in [0.4, 0.5) is 0 Å². The number of benzene rings is 1. The summed E-state index contributed by atoms with van der Waals surface area (Å²) in [5, 5.41) is 5.95. The zero-order chi connectivity index (χ0) is 20.6. The monoisotopic (exact) mass is 419 g/mol. The molecule has 4 rings (SSSR count). The fraction of sp³-hybridized carbons (Fsp3) is 0.619. The minimum Gasteiger partial charge on any atom is -0.353 e. The topological polar surface area (TPSA) is 104 Å². The summed E-state index contributed by atoms with van der Waals surface area (Å²) in [5.41, 5.74) is 2.32. The molecule has 0 spiro atoms. The minimum absolute atomic E-state index is 0.000680. The van der Waals surface area contributed by atoms with Crippen LogP contribution in [0.2, 0.25) is 0 Å². The molecule has 1 aliphatic heterocycles. The summed E-state index contributed by atoms with van der Waals surface area (Å²) in [6, 6.07) is 7.88. The lowest BCUT2D eigenvalue weighted by Gasteiger charge is -2.32. The zero-order valence-electron chi connectivity index (χ0n) is 16.7. The third-order valence-corrected chi connectivity index (χ3v) is 8.81. The molecule has 1 saturated heterocycles. The van der Waals surface area contributed by atoms with Gasteiger partial charge in [-0.15, -0.1) is 0 Å². The van der Waals surface area contributed by atoms with Crippen molar-refractivity contribution in [3.05, 3.63) is 35.4 Å². The number of amides is 2. The van der Waals surface area contributed by atoms with Gasteiger partial charge < -0.3 is 10.6 Å². The first-order chi connectivity index (χ1) is 13.8. The molecule has 8 heteroatoms. The molecule has 1 saturated carbocycles. The van der Waals surface area contributed by atoms with Gasteiger partial charge in [0.1, 0.15) is 0 Å². The molecular formula is C21H29N3O4S. The number of rotatable bonds is 6. The van der Waals surface area contributed by atoms with Gasteiger partial charge in [-0.1, -0.05) is 24.3 Å². The minimum atomic E-state index is -3.69. The lowest BCUT2D eigenvalue weighted by molar-refractivity contribution is -0.125. The van der Waals surface area contributed by atoms with Gasteiger partial charge in [0.05, 0.1) is 5.92 Å². The second-order valence-corrected chi connectivity index (χ2v) is 10.9. The third-order valence-electron chi connectivity index (χ3n) is 6.65. The van der Waals surface area contributed by atoms with Crippen LogP contribution >= 0.6 is 0 Å². The van der Waals surface area contributed by atoms with Crippen LogP contribution in [-0.2, 0) is 26.0 Å². The van der Waals surface area contributed by atoms with Crippen LogP contribution in [0, 0.1) is 5.92 Å². The van der Waals surface area contributed by atoms with Crippen molar-refractivity contribution in [3.63, 3.8) is 0 Å². The highest BCUT2D eigenvalue weighted by molar-refractivity contribution is 7.91. The molecule has 2 amide bonds. The van der Waals surface area contributed by atoms with Gasteiger partial charge in [0.15, 0.2) is 4.75 Å². The normalized spacial score (nSPS) is 28.9. The SMILES string of the molecule is CC1(C(=O)NCC(NC(=O)C2CCc3ccccc32)C2CC2)CCCNS1(=O)=O. The highest BCUT2D eigenvalue weighted by atomic mass is 32.2. The molecule has 0 radical (unpaired) electrons. The fourth-order valence-corrected chi connectivity index (χ4v) is 5.96. The molecule has 158 valence electrons. The molecular weight excluding hydrogens is 390 g/mol. The van der Waals surface area contributed by atoms with Crippen molar-refractivity contribution in [3.8, 4) is 0 Å². The molecule has 0 aromatic heterocycles. The molecule has 3 aliphatic rings. The van der Waals surface area contributed by atoms with Gasteiger partial charge in [0.2, 0.25) is 21.8 Å². The van der Waals surface area contributed by atoms with E-state index in [9.17, 15) is 18.0 Å². The van der Waals surface area contributed by atoms with Crippen molar-refractivity contribution >= 4 is 21.8 Å². The maximum Gasteiger partial charge on any atom is 0.242 e. The second kappa shape index (κ2) is 7.72. The number of hydrogen-bond acceptors (Lipinski definition) is 4. The van der Waals surface area contributed by atoms with Crippen LogP contribution in [0.1, 0.15) is 56.1 Å². The van der Waals surface area contributed by atoms with Crippen molar-refractivity contribution in [2.75, 3.05) is 13.1 Å². The Balaban J connectivity index is 1.39. The van der Waals surface area contributed by atoms with Gasteiger partial charge in [-0.05, 0) is 62.5 Å². The molecule has 1 heterocycles. The van der Waals surface area contributed by atoms with E-state index in [1.54, 1.807) is 0 Å². The lowest BCUT2D eigenvalue weighted by Crippen LogP contribution is -2.59. The van der Waals surface area contributed by atoms with Crippen LogP contribution in [0.15, 0.2) is 24.3 Å². The number of hydrogen-bond donors (Lipinski definition) is 3. The van der Waals surface area contributed by atoms with Crippen molar-refractivity contribution in [1.82, 2.24) is 15.4 Å². The Morgan fingerprint density at radius 3 is 2.72 bits per heavy atom. The Bertz CT molecular complexity index is 912. The average molecular weight is 420 g/mol. The summed E-state index contributed by atoms with van der Waals surface area (Å²) in [6.45, 7) is 2.10.